The molecule has 0 aliphatic carbocycles. The first-order valence-electron chi connectivity index (χ1n) is 3.76. The summed E-state index contributed by atoms with van der Waals surface area (Å²) in [5.74, 6) is -0.367. The van der Waals surface area contributed by atoms with Gasteiger partial charge in [0.2, 0.25) is 0 Å². The second kappa shape index (κ2) is 4.25. The number of amides is 1. The van der Waals surface area contributed by atoms with Crippen LogP contribution in [0.3, 0.4) is 0 Å². The van der Waals surface area contributed by atoms with E-state index in [2.05, 4.69) is 5.16 Å². The molecule has 68 valence electrons. The van der Waals surface area contributed by atoms with E-state index in [1.807, 2.05) is 18.2 Å². The molecule has 1 aromatic carbocycles. The Bertz CT molecular complexity index is 309. The Hall–Kier alpha value is -1.84. The zero-order valence-corrected chi connectivity index (χ0v) is 7.21. The van der Waals surface area contributed by atoms with E-state index in [0.29, 0.717) is 0 Å². The van der Waals surface area contributed by atoms with Crippen molar-refractivity contribution in [2.45, 2.75) is 0 Å². The third-order valence-electron chi connectivity index (χ3n) is 1.64. The highest BCUT2D eigenvalue weighted by Crippen LogP contribution is 2.09. The number of benzene rings is 1. The van der Waals surface area contributed by atoms with E-state index in [1.165, 1.54) is 4.90 Å². The highest BCUT2D eigenvalue weighted by molar-refractivity contribution is 6.32. The molecule has 4 nitrogen and oxygen atoms in total. The Balaban J connectivity index is 2.79. The van der Waals surface area contributed by atoms with Crippen LogP contribution in [0.15, 0.2) is 35.5 Å². The van der Waals surface area contributed by atoms with E-state index < -0.39 is 0 Å². The summed E-state index contributed by atoms with van der Waals surface area (Å²) in [6, 6.07) is 9.11. The fourth-order valence-electron chi connectivity index (χ4n) is 0.915. The van der Waals surface area contributed by atoms with Crippen LogP contribution in [0.1, 0.15) is 0 Å². The Labute approximate surface area is 76.1 Å². The van der Waals surface area contributed by atoms with Crippen LogP contribution < -0.4 is 4.90 Å². The van der Waals surface area contributed by atoms with E-state index >= 15 is 0 Å². The summed E-state index contributed by atoms with van der Waals surface area (Å²) in [6.07, 6.45) is 0.854. The van der Waals surface area contributed by atoms with Gasteiger partial charge in [0.1, 0.15) is 6.21 Å². The fourth-order valence-corrected chi connectivity index (χ4v) is 0.915. The Morgan fingerprint density at radius 3 is 2.62 bits per heavy atom. The summed E-state index contributed by atoms with van der Waals surface area (Å²) >= 11 is 0. The number of para-hydroxylation sites is 1. The standard InChI is InChI=1S/C9H10N2O2/c1-11(9(12)7-10-13)8-5-3-2-4-6-8/h2-7,13H,1H3. The lowest BCUT2D eigenvalue weighted by atomic mass is 10.3. The van der Waals surface area contributed by atoms with Crippen LogP contribution in [0.5, 0.6) is 0 Å². The van der Waals surface area contributed by atoms with Gasteiger partial charge in [-0.3, -0.25) is 4.79 Å². The SMILES string of the molecule is CN(C(=O)C=NO)c1ccccc1. The van der Waals surface area contributed by atoms with Crippen molar-refractivity contribution in [3.8, 4) is 0 Å². The third-order valence-corrected chi connectivity index (χ3v) is 1.64. The Morgan fingerprint density at radius 1 is 1.46 bits per heavy atom. The second-order valence-electron chi connectivity index (χ2n) is 2.48. The number of anilines is 1. The number of carbonyl (C=O) groups excluding carboxylic acids is 1. The number of oxime groups is 1. The fraction of sp³-hybridized carbons (Fsp3) is 0.111. The highest BCUT2D eigenvalue weighted by Gasteiger charge is 2.06. The Kier molecular flexibility index (Phi) is 3.03. The van der Waals surface area contributed by atoms with Crippen LogP contribution in [0.25, 0.3) is 0 Å². The normalized spacial score (nSPS) is 10.2. The van der Waals surface area contributed by atoms with Crippen molar-refractivity contribution in [2.75, 3.05) is 11.9 Å². The van der Waals surface area contributed by atoms with Gasteiger partial charge in [-0.15, -0.1) is 0 Å². The number of hydrogen-bond donors (Lipinski definition) is 1. The summed E-state index contributed by atoms with van der Waals surface area (Å²) in [5.41, 5.74) is 0.757. The molecule has 1 amide bonds. The van der Waals surface area contributed by atoms with E-state index in [9.17, 15) is 4.79 Å². The number of carbonyl (C=O) groups is 1. The average molecular weight is 178 g/mol. The van der Waals surface area contributed by atoms with Crippen molar-refractivity contribution < 1.29 is 10.0 Å². The van der Waals surface area contributed by atoms with Crippen LogP contribution in [0, 0.1) is 0 Å². The first-order chi connectivity index (χ1) is 6.25. The van der Waals surface area contributed by atoms with Gasteiger partial charge in [0.05, 0.1) is 0 Å². The molecule has 1 N–H and O–H groups in total. The number of nitrogens with zero attached hydrogens (tertiary/aromatic N) is 2. The van der Waals surface area contributed by atoms with Crippen LogP contribution in [-0.4, -0.2) is 24.4 Å². The minimum atomic E-state index is -0.367. The molecule has 1 aromatic rings. The van der Waals surface area contributed by atoms with Crippen molar-refractivity contribution in [1.29, 1.82) is 0 Å². The molecule has 0 saturated carbocycles. The molecule has 13 heavy (non-hydrogen) atoms. The van der Waals surface area contributed by atoms with E-state index in [-0.39, 0.29) is 5.91 Å². The summed E-state index contributed by atoms with van der Waals surface area (Å²) in [7, 11) is 1.61. The molecule has 0 saturated heterocycles. The summed E-state index contributed by atoms with van der Waals surface area (Å²) in [4.78, 5) is 12.5. The molecule has 0 fully saturated rings. The molecular weight excluding hydrogens is 168 g/mol. The lowest BCUT2D eigenvalue weighted by Gasteiger charge is -2.13. The lowest BCUT2D eigenvalue weighted by Crippen LogP contribution is -2.26. The van der Waals surface area contributed by atoms with Gasteiger partial charge in [-0.2, -0.15) is 0 Å². The van der Waals surface area contributed by atoms with E-state index in [0.717, 1.165) is 11.9 Å². The predicted molar refractivity (Wildman–Crippen MR) is 50.1 cm³/mol. The first kappa shape index (κ1) is 9.25. The highest BCUT2D eigenvalue weighted by atomic mass is 16.4. The van der Waals surface area contributed by atoms with Gasteiger partial charge in [-0.05, 0) is 12.1 Å². The van der Waals surface area contributed by atoms with Crippen molar-refractivity contribution >= 4 is 17.8 Å². The third kappa shape index (κ3) is 2.30. The van der Waals surface area contributed by atoms with Gasteiger partial charge in [0.15, 0.2) is 0 Å². The molecule has 0 atom stereocenters. The molecular formula is C9H10N2O2. The maximum absolute atomic E-state index is 11.2. The molecule has 0 spiro atoms. The van der Waals surface area contributed by atoms with Gasteiger partial charge in [-0.1, -0.05) is 23.4 Å². The van der Waals surface area contributed by atoms with Crippen molar-refractivity contribution in [1.82, 2.24) is 0 Å². The maximum atomic E-state index is 11.2. The Morgan fingerprint density at radius 2 is 2.08 bits per heavy atom. The molecule has 0 unspecified atom stereocenters. The number of hydrogen-bond acceptors (Lipinski definition) is 3. The molecule has 0 heterocycles. The molecule has 0 bridgehead atoms. The van der Waals surface area contributed by atoms with Gasteiger partial charge >= 0.3 is 0 Å². The zero-order chi connectivity index (χ0) is 9.68. The topological polar surface area (TPSA) is 52.9 Å². The zero-order valence-electron chi connectivity index (χ0n) is 7.21. The van der Waals surface area contributed by atoms with Gasteiger partial charge in [-0.25, -0.2) is 0 Å². The van der Waals surface area contributed by atoms with Crippen molar-refractivity contribution in [3.05, 3.63) is 30.3 Å². The predicted octanol–water partition coefficient (Wildman–Crippen LogP) is 1.11. The molecule has 0 aromatic heterocycles. The molecule has 1 rings (SSSR count). The van der Waals surface area contributed by atoms with Crippen LogP contribution in [0.2, 0.25) is 0 Å². The number of rotatable bonds is 2. The lowest BCUT2D eigenvalue weighted by molar-refractivity contribution is -0.112. The maximum Gasteiger partial charge on any atom is 0.272 e. The smallest absolute Gasteiger partial charge is 0.272 e. The van der Waals surface area contributed by atoms with Crippen LogP contribution >= 0.6 is 0 Å². The quantitative estimate of drug-likeness (QED) is 0.419. The minimum absolute atomic E-state index is 0.367. The van der Waals surface area contributed by atoms with E-state index in [1.54, 1.807) is 19.2 Å². The van der Waals surface area contributed by atoms with Gasteiger partial charge < -0.3 is 10.1 Å². The monoisotopic (exact) mass is 178 g/mol. The second-order valence-corrected chi connectivity index (χ2v) is 2.48. The van der Waals surface area contributed by atoms with Gasteiger partial charge in [0, 0.05) is 12.7 Å². The molecule has 0 aliphatic heterocycles. The van der Waals surface area contributed by atoms with Gasteiger partial charge in [0.25, 0.3) is 5.91 Å². The summed E-state index contributed by atoms with van der Waals surface area (Å²) in [5, 5.41) is 10.8. The van der Waals surface area contributed by atoms with E-state index in [4.69, 9.17) is 5.21 Å². The first-order valence-corrected chi connectivity index (χ1v) is 3.76. The average Bonchev–Trinajstić information content (AvgIpc) is 2.18. The summed E-state index contributed by atoms with van der Waals surface area (Å²) in [6.45, 7) is 0. The molecule has 4 heteroatoms. The summed E-state index contributed by atoms with van der Waals surface area (Å²) < 4.78 is 0. The van der Waals surface area contributed by atoms with Crippen LogP contribution in [-0.2, 0) is 4.79 Å². The largest absolute Gasteiger partial charge is 0.411 e. The van der Waals surface area contributed by atoms with Crippen LogP contribution in [0.4, 0.5) is 5.69 Å². The molecule has 0 radical (unpaired) electrons. The van der Waals surface area contributed by atoms with Crippen molar-refractivity contribution in [2.24, 2.45) is 5.16 Å². The van der Waals surface area contributed by atoms with Crippen molar-refractivity contribution in [3.63, 3.8) is 0 Å². The minimum Gasteiger partial charge on any atom is -0.411 e. The molecule has 0 aliphatic rings.